The van der Waals surface area contributed by atoms with Crippen LogP contribution in [0.2, 0.25) is 0 Å². The predicted molar refractivity (Wildman–Crippen MR) is 53.9 cm³/mol. The van der Waals surface area contributed by atoms with Gasteiger partial charge in [-0.2, -0.15) is 0 Å². The van der Waals surface area contributed by atoms with Gasteiger partial charge in [0, 0.05) is 12.1 Å². The van der Waals surface area contributed by atoms with Crippen molar-refractivity contribution in [1.82, 2.24) is 4.90 Å². The van der Waals surface area contributed by atoms with Crippen molar-refractivity contribution < 1.29 is 13.5 Å². The molecule has 2 aliphatic rings. The number of aliphatic hydroxyl groups is 1. The van der Waals surface area contributed by atoms with Gasteiger partial charge in [0.15, 0.2) is 9.84 Å². The molecule has 0 spiro atoms. The van der Waals surface area contributed by atoms with Crippen molar-refractivity contribution in [2.45, 2.75) is 31.3 Å². The number of hydrogen-bond donors (Lipinski definition) is 1. The van der Waals surface area contributed by atoms with E-state index in [2.05, 4.69) is 4.90 Å². The Balaban J connectivity index is 2.02. The number of likely N-dealkylation sites (tertiary alicyclic amines) is 1. The molecule has 2 aliphatic heterocycles. The van der Waals surface area contributed by atoms with Crippen LogP contribution in [0, 0.1) is 0 Å². The Labute approximate surface area is 84.8 Å². The van der Waals surface area contributed by atoms with Crippen molar-refractivity contribution in [3.63, 3.8) is 0 Å². The van der Waals surface area contributed by atoms with Crippen LogP contribution in [0.3, 0.4) is 0 Å². The lowest BCUT2D eigenvalue weighted by molar-refractivity contribution is 0.128. The molecule has 0 aromatic rings. The molecule has 82 valence electrons. The average Bonchev–Trinajstić information content (AvgIpc) is 2.70. The van der Waals surface area contributed by atoms with Gasteiger partial charge in [0.25, 0.3) is 0 Å². The number of nitrogens with zero attached hydrogens (tertiary/aromatic N) is 1. The van der Waals surface area contributed by atoms with Crippen molar-refractivity contribution in [2.24, 2.45) is 0 Å². The number of rotatable bonds is 2. The maximum Gasteiger partial charge on any atom is 0.151 e. The van der Waals surface area contributed by atoms with Crippen LogP contribution in [0.25, 0.3) is 0 Å². The second-order valence-electron chi connectivity index (χ2n) is 4.27. The summed E-state index contributed by atoms with van der Waals surface area (Å²) in [6, 6.07) is 0.368. The Morgan fingerprint density at radius 3 is 2.71 bits per heavy atom. The highest BCUT2D eigenvalue weighted by Crippen LogP contribution is 2.26. The van der Waals surface area contributed by atoms with Gasteiger partial charge in [-0.1, -0.05) is 0 Å². The quantitative estimate of drug-likeness (QED) is 0.688. The zero-order valence-corrected chi connectivity index (χ0v) is 9.04. The van der Waals surface area contributed by atoms with Gasteiger partial charge in [0.05, 0.1) is 18.1 Å². The van der Waals surface area contributed by atoms with Crippen molar-refractivity contribution in [3.05, 3.63) is 0 Å². The van der Waals surface area contributed by atoms with Crippen molar-refractivity contribution >= 4 is 9.84 Å². The van der Waals surface area contributed by atoms with Crippen LogP contribution in [-0.4, -0.2) is 55.2 Å². The fourth-order valence-corrected chi connectivity index (χ4v) is 4.31. The molecule has 2 atom stereocenters. The first kappa shape index (κ1) is 10.4. The topological polar surface area (TPSA) is 57.6 Å². The average molecular weight is 219 g/mol. The molecule has 4 nitrogen and oxygen atoms in total. The molecule has 2 rings (SSSR count). The van der Waals surface area contributed by atoms with Gasteiger partial charge < -0.3 is 5.11 Å². The third kappa shape index (κ3) is 1.94. The van der Waals surface area contributed by atoms with Gasteiger partial charge in [-0.3, -0.25) is 4.90 Å². The fourth-order valence-electron chi connectivity index (χ4n) is 2.57. The molecule has 0 aromatic heterocycles. The maximum absolute atomic E-state index is 11.3. The van der Waals surface area contributed by atoms with E-state index in [-0.39, 0.29) is 18.7 Å². The summed E-state index contributed by atoms with van der Waals surface area (Å²) in [7, 11) is -2.79. The van der Waals surface area contributed by atoms with E-state index in [0.717, 1.165) is 25.8 Å². The first-order valence-electron chi connectivity index (χ1n) is 5.19. The molecule has 0 aliphatic carbocycles. The smallest absolute Gasteiger partial charge is 0.151 e. The van der Waals surface area contributed by atoms with Gasteiger partial charge in [0.1, 0.15) is 0 Å². The monoisotopic (exact) mass is 219 g/mol. The molecule has 0 radical (unpaired) electrons. The highest BCUT2D eigenvalue weighted by molar-refractivity contribution is 7.91. The van der Waals surface area contributed by atoms with Crippen LogP contribution in [0.1, 0.15) is 19.3 Å². The third-order valence-corrected chi connectivity index (χ3v) is 5.06. The number of sulfone groups is 1. The van der Waals surface area contributed by atoms with E-state index >= 15 is 0 Å². The SMILES string of the molecule is O=S1(=O)CCC(N2CCC[C@H]2CO)C1. The van der Waals surface area contributed by atoms with Crippen molar-refractivity contribution in [2.75, 3.05) is 24.7 Å². The van der Waals surface area contributed by atoms with Gasteiger partial charge in [0.2, 0.25) is 0 Å². The first-order chi connectivity index (χ1) is 6.62. The zero-order chi connectivity index (χ0) is 10.2. The molecule has 2 saturated heterocycles. The van der Waals surface area contributed by atoms with Gasteiger partial charge in [-0.15, -0.1) is 0 Å². The largest absolute Gasteiger partial charge is 0.395 e. The van der Waals surface area contributed by atoms with E-state index in [9.17, 15) is 8.42 Å². The lowest BCUT2D eigenvalue weighted by Gasteiger charge is -2.28. The second-order valence-corrected chi connectivity index (χ2v) is 6.50. The van der Waals surface area contributed by atoms with Crippen LogP contribution in [-0.2, 0) is 9.84 Å². The summed E-state index contributed by atoms with van der Waals surface area (Å²) in [4.78, 5) is 2.19. The summed E-state index contributed by atoms with van der Waals surface area (Å²) >= 11 is 0. The Kier molecular flexibility index (Phi) is 2.81. The van der Waals surface area contributed by atoms with Gasteiger partial charge >= 0.3 is 0 Å². The summed E-state index contributed by atoms with van der Waals surface area (Å²) in [6.07, 6.45) is 2.84. The molecule has 1 unspecified atom stereocenters. The Hall–Kier alpha value is -0.130. The Bertz CT molecular complexity index is 301. The van der Waals surface area contributed by atoms with E-state index in [1.165, 1.54) is 0 Å². The lowest BCUT2D eigenvalue weighted by atomic mass is 10.2. The van der Waals surface area contributed by atoms with Crippen molar-refractivity contribution in [1.29, 1.82) is 0 Å². The molecular formula is C9H17NO3S. The zero-order valence-electron chi connectivity index (χ0n) is 8.22. The predicted octanol–water partition coefficient (Wildman–Crippen LogP) is -0.370. The lowest BCUT2D eigenvalue weighted by Crippen LogP contribution is -2.41. The summed E-state index contributed by atoms with van der Waals surface area (Å²) in [5, 5.41) is 9.14. The van der Waals surface area contributed by atoms with E-state index in [1.807, 2.05) is 0 Å². The van der Waals surface area contributed by atoms with Gasteiger partial charge in [-0.05, 0) is 25.8 Å². The molecule has 0 bridgehead atoms. The second kappa shape index (κ2) is 3.79. The first-order valence-corrected chi connectivity index (χ1v) is 7.01. The molecule has 2 fully saturated rings. The summed E-state index contributed by atoms with van der Waals surface area (Å²) in [5.41, 5.74) is 0. The van der Waals surface area contributed by atoms with Crippen molar-refractivity contribution in [3.8, 4) is 0 Å². The van der Waals surface area contributed by atoms with Crippen LogP contribution in [0.5, 0.6) is 0 Å². The van der Waals surface area contributed by atoms with Crippen LogP contribution in [0.4, 0.5) is 0 Å². The van der Waals surface area contributed by atoms with Crippen LogP contribution >= 0.6 is 0 Å². The molecule has 0 saturated carbocycles. The molecule has 2 heterocycles. The van der Waals surface area contributed by atoms with E-state index in [1.54, 1.807) is 0 Å². The minimum absolute atomic E-state index is 0.163. The van der Waals surface area contributed by atoms with E-state index < -0.39 is 9.84 Å². The normalized spacial score (nSPS) is 37.8. The Morgan fingerprint density at radius 2 is 2.14 bits per heavy atom. The van der Waals surface area contributed by atoms with E-state index in [4.69, 9.17) is 5.11 Å². The minimum Gasteiger partial charge on any atom is -0.395 e. The van der Waals surface area contributed by atoms with Gasteiger partial charge in [-0.25, -0.2) is 8.42 Å². The molecule has 14 heavy (non-hydrogen) atoms. The molecular weight excluding hydrogens is 202 g/mol. The molecule has 0 amide bonds. The highest BCUT2D eigenvalue weighted by atomic mass is 32.2. The van der Waals surface area contributed by atoms with Crippen LogP contribution < -0.4 is 0 Å². The summed E-state index contributed by atoms with van der Waals surface area (Å²) < 4.78 is 22.6. The maximum atomic E-state index is 11.3. The highest BCUT2D eigenvalue weighted by Gasteiger charge is 2.37. The van der Waals surface area contributed by atoms with Crippen LogP contribution in [0.15, 0.2) is 0 Å². The standard InChI is InChI=1S/C9H17NO3S/c11-6-8-2-1-4-10(8)9-3-5-14(12,13)7-9/h8-9,11H,1-7H2/t8-,9?/m0/s1. The fraction of sp³-hybridized carbons (Fsp3) is 1.00. The number of hydrogen-bond acceptors (Lipinski definition) is 4. The third-order valence-electron chi connectivity index (χ3n) is 3.31. The summed E-state index contributed by atoms with van der Waals surface area (Å²) in [6.45, 7) is 1.11. The van der Waals surface area contributed by atoms with E-state index in [0.29, 0.717) is 11.5 Å². The Morgan fingerprint density at radius 1 is 1.36 bits per heavy atom. The molecule has 0 aromatic carbocycles. The minimum atomic E-state index is -2.79. The summed E-state index contributed by atoms with van der Waals surface area (Å²) in [5.74, 6) is 0.621. The molecule has 5 heteroatoms. The number of aliphatic hydroxyl groups excluding tert-OH is 1. The molecule has 1 N–H and O–H groups in total.